The lowest BCUT2D eigenvalue weighted by atomic mass is 9.95. The van der Waals surface area contributed by atoms with E-state index in [2.05, 4.69) is 61.5 Å². The summed E-state index contributed by atoms with van der Waals surface area (Å²) in [5.41, 5.74) is 5.04. The molecular formula is C26H33N3O2. The molecule has 1 aromatic heterocycles. The molecule has 5 nitrogen and oxygen atoms in total. The number of ether oxygens (including phenoxy) is 1. The standard InChI is InChI=1S/C26H33N3O2/c1-6-19(4)21-10-12-22(13-11-21)23(7-2)27-26(30)24-14-15-29(28-24)17-31-25-16-18(3)8-9-20(25)5/h8-16,19,23H,6-7,17H2,1-5H3,(H,27,30). The Morgan fingerprint density at radius 2 is 1.74 bits per heavy atom. The molecule has 31 heavy (non-hydrogen) atoms. The Morgan fingerprint density at radius 1 is 1.03 bits per heavy atom. The van der Waals surface area contributed by atoms with Gasteiger partial charge in [-0.1, -0.05) is 57.2 Å². The van der Waals surface area contributed by atoms with Crippen LogP contribution in [0.4, 0.5) is 0 Å². The molecule has 3 aromatic rings. The maximum atomic E-state index is 12.8. The van der Waals surface area contributed by atoms with Crippen LogP contribution in [0.5, 0.6) is 5.75 Å². The van der Waals surface area contributed by atoms with Crippen LogP contribution in [0, 0.1) is 13.8 Å². The molecule has 0 spiro atoms. The second-order valence-corrected chi connectivity index (χ2v) is 8.19. The van der Waals surface area contributed by atoms with Gasteiger partial charge in [0.2, 0.25) is 0 Å². The molecule has 0 bridgehead atoms. The van der Waals surface area contributed by atoms with Gasteiger partial charge >= 0.3 is 0 Å². The van der Waals surface area contributed by atoms with E-state index < -0.39 is 0 Å². The minimum absolute atomic E-state index is 0.0465. The third-order valence-corrected chi connectivity index (χ3v) is 5.80. The summed E-state index contributed by atoms with van der Waals surface area (Å²) < 4.78 is 7.51. The Morgan fingerprint density at radius 3 is 2.42 bits per heavy atom. The highest BCUT2D eigenvalue weighted by Gasteiger charge is 2.17. The molecular weight excluding hydrogens is 386 g/mol. The topological polar surface area (TPSA) is 56.2 Å². The molecule has 0 aliphatic heterocycles. The first-order valence-corrected chi connectivity index (χ1v) is 11.1. The maximum absolute atomic E-state index is 12.8. The number of carbonyl (C=O) groups excluding carboxylic acids is 1. The number of nitrogens with zero attached hydrogens (tertiary/aromatic N) is 2. The Bertz CT molecular complexity index is 1010. The maximum Gasteiger partial charge on any atom is 0.272 e. The third-order valence-electron chi connectivity index (χ3n) is 5.80. The van der Waals surface area contributed by atoms with Gasteiger partial charge in [-0.05, 0) is 67.0 Å². The van der Waals surface area contributed by atoms with E-state index in [1.54, 1.807) is 16.9 Å². The monoisotopic (exact) mass is 419 g/mol. The molecule has 3 rings (SSSR count). The van der Waals surface area contributed by atoms with Crippen molar-refractivity contribution in [3.05, 3.63) is 82.7 Å². The molecule has 1 amide bonds. The van der Waals surface area contributed by atoms with Gasteiger partial charge in [0.15, 0.2) is 6.73 Å². The van der Waals surface area contributed by atoms with Crippen LogP contribution in [0.2, 0.25) is 0 Å². The summed E-state index contributed by atoms with van der Waals surface area (Å²) in [5, 5.41) is 7.50. The minimum atomic E-state index is -0.177. The van der Waals surface area contributed by atoms with Crippen molar-refractivity contribution in [2.45, 2.75) is 66.2 Å². The number of amides is 1. The zero-order chi connectivity index (χ0) is 22.4. The molecule has 0 aliphatic rings. The number of hydrogen-bond acceptors (Lipinski definition) is 3. The van der Waals surface area contributed by atoms with Crippen LogP contribution in [0.15, 0.2) is 54.7 Å². The van der Waals surface area contributed by atoms with Crippen LogP contribution >= 0.6 is 0 Å². The predicted molar refractivity (Wildman–Crippen MR) is 124 cm³/mol. The van der Waals surface area contributed by atoms with Gasteiger partial charge < -0.3 is 10.1 Å². The van der Waals surface area contributed by atoms with Crippen LogP contribution in [0.3, 0.4) is 0 Å². The highest BCUT2D eigenvalue weighted by Crippen LogP contribution is 2.23. The van der Waals surface area contributed by atoms with Crippen LogP contribution in [-0.4, -0.2) is 15.7 Å². The lowest BCUT2D eigenvalue weighted by Crippen LogP contribution is -2.28. The van der Waals surface area contributed by atoms with Gasteiger partial charge in [-0.25, -0.2) is 4.68 Å². The number of carbonyl (C=O) groups is 1. The van der Waals surface area contributed by atoms with Crippen molar-refractivity contribution in [1.29, 1.82) is 0 Å². The minimum Gasteiger partial charge on any atom is -0.471 e. The Labute approximate surface area is 185 Å². The van der Waals surface area contributed by atoms with Crippen LogP contribution in [0.25, 0.3) is 0 Å². The molecule has 0 saturated carbocycles. The molecule has 0 radical (unpaired) electrons. The summed E-state index contributed by atoms with van der Waals surface area (Å²) in [6.45, 7) is 10.8. The Balaban J connectivity index is 1.62. The van der Waals surface area contributed by atoms with Gasteiger partial charge in [-0.3, -0.25) is 4.79 Å². The summed E-state index contributed by atoms with van der Waals surface area (Å²) in [6.07, 6.45) is 3.69. The van der Waals surface area contributed by atoms with E-state index in [1.165, 1.54) is 5.56 Å². The van der Waals surface area contributed by atoms with E-state index in [-0.39, 0.29) is 18.7 Å². The van der Waals surface area contributed by atoms with Crippen molar-refractivity contribution >= 4 is 5.91 Å². The molecule has 2 aromatic carbocycles. The first-order chi connectivity index (χ1) is 14.9. The molecule has 5 heteroatoms. The molecule has 1 N–H and O–H groups in total. The first-order valence-electron chi connectivity index (χ1n) is 11.1. The van der Waals surface area contributed by atoms with Gasteiger partial charge in [-0.2, -0.15) is 5.10 Å². The first kappa shape index (κ1) is 22.6. The number of hydrogen-bond donors (Lipinski definition) is 1. The zero-order valence-corrected chi connectivity index (χ0v) is 19.2. The molecule has 164 valence electrons. The van der Waals surface area contributed by atoms with Crippen molar-refractivity contribution in [2.24, 2.45) is 0 Å². The van der Waals surface area contributed by atoms with Crippen molar-refractivity contribution in [1.82, 2.24) is 15.1 Å². The molecule has 2 unspecified atom stereocenters. The Hall–Kier alpha value is -3.08. The highest BCUT2D eigenvalue weighted by atomic mass is 16.5. The number of aryl methyl sites for hydroxylation is 2. The second kappa shape index (κ2) is 10.3. The van der Waals surface area contributed by atoms with Gasteiger partial charge in [0.25, 0.3) is 5.91 Å². The van der Waals surface area contributed by atoms with Gasteiger partial charge in [0.1, 0.15) is 11.4 Å². The average molecular weight is 420 g/mol. The van der Waals surface area contributed by atoms with Crippen molar-refractivity contribution < 1.29 is 9.53 Å². The van der Waals surface area contributed by atoms with Gasteiger partial charge in [0.05, 0.1) is 6.04 Å². The van der Waals surface area contributed by atoms with E-state index in [0.717, 1.165) is 35.3 Å². The van der Waals surface area contributed by atoms with E-state index in [9.17, 15) is 4.79 Å². The van der Waals surface area contributed by atoms with Crippen molar-refractivity contribution in [2.75, 3.05) is 0 Å². The second-order valence-electron chi connectivity index (χ2n) is 8.19. The van der Waals surface area contributed by atoms with Gasteiger partial charge in [-0.15, -0.1) is 0 Å². The molecule has 0 aliphatic carbocycles. The van der Waals surface area contributed by atoms with Crippen LogP contribution < -0.4 is 10.1 Å². The summed E-state index contributed by atoms with van der Waals surface area (Å²) in [4.78, 5) is 12.8. The smallest absolute Gasteiger partial charge is 0.272 e. The lowest BCUT2D eigenvalue weighted by Gasteiger charge is -2.18. The largest absolute Gasteiger partial charge is 0.471 e. The van der Waals surface area contributed by atoms with Gasteiger partial charge in [0, 0.05) is 6.20 Å². The fraction of sp³-hybridized carbons (Fsp3) is 0.385. The third kappa shape index (κ3) is 5.75. The number of nitrogens with one attached hydrogen (secondary N) is 1. The average Bonchev–Trinajstić information content (AvgIpc) is 3.26. The fourth-order valence-electron chi connectivity index (χ4n) is 3.50. The zero-order valence-electron chi connectivity index (χ0n) is 19.2. The Kier molecular flexibility index (Phi) is 7.50. The van der Waals surface area contributed by atoms with E-state index in [1.807, 2.05) is 26.0 Å². The molecule has 0 saturated heterocycles. The summed E-state index contributed by atoms with van der Waals surface area (Å²) in [7, 11) is 0. The quantitative estimate of drug-likeness (QED) is 0.467. The van der Waals surface area contributed by atoms with Crippen molar-refractivity contribution in [3.8, 4) is 5.75 Å². The van der Waals surface area contributed by atoms with E-state index >= 15 is 0 Å². The molecule has 0 fully saturated rings. The lowest BCUT2D eigenvalue weighted by molar-refractivity contribution is 0.0928. The molecule has 1 heterocycles. The van der Waals surface area contributed by atoms with Crippen LogP contribution in [0.1, 0.15) is 78.3 Å². The number of rotatable bonds is 9. The number of aromatic nitrogens is 2. The number of benzene rings is 2. The molecule has 2 atom stereocenters. The summed E-state index contributed by atoms with van der Waals surface area (Å²) >= 11 is 0. The highest BCUT2D eigenvalue weighted by molar-refractivity contribution is 5.92. The predicted octanol–water partition coefficient (Wildman–Crippen LogP) is 5.93. The van der Waals surface area contributed by atoms with E-state index in [0.29, 0.717) is 11.6 Å². The SMILES string of the molecule is CCC(C)c1ccc(C(CC)NC(=O)c2ccn(COc3cc(C)ccc3C)n2)cc1. The summed E-state index contributed by atoms with van der Waals surface area (Å²) in [5.74, 6) is 1.19. The van der Waals surface area contributed by atoms with Crippen molar-refractivity contribution in [3.63, 3.8) is 0 Å². The normalized spacial score (nSPS) is 12.9. The van der Waals surface area contributed by atoms with E-state index in [4.69, 9.17) is 4.74 Å². The fourth-order valence-corrected chi connectivity index (χ4v) is 3.50. The van der Waals surface area contributed by atoms with Crippen LogP contribution in [-0.2, 0) is 6.73 Å². The summed E-state index contributed by atoms with van der Waals surface area (Å²) in [6, 6.07) is 16.3.